The topological polar surface area (TPSA) is 43.5 Å². The zero-order valence-electron chi connectivity index (χ0n) is 26.4. The molecule has 0 aromatic heterocycles. The summed E-state index contributed by atoms with van der Waals surface area (Å²) < 4.78 is 2.43. The third-order valence-corrected chi connectivity index (χ3v) is 10.0. The number of anilines is 1. The molecule has 0 unspecified atom stereocenters. The van der Waals surface area contributed by atoms with Crippen LogP contribution in [0.4, 0.5) is 11.4 Å². The van der Waals surface area contributed by atoms with Crippen LogP contribution in [0.5, 0.6) is 0 Å². The molecular formula is C38H46ClN2O2+. The lowest BCUT2D eigenvalue weighted by Crippen LogP contribution is -2.27. The molecule has 43 heavy (non-hydrogen) atoms. The van der Waals surface area contributed by atoms with Gasteiger partial charge in [-0.05, 0) is 81.7 Å². The highest BCUT2D eigenvalue weighted by Gasteiger charge is 2.43. The molecule has 0 saturated carbocycles. The summed E-state index contributed by atoms with van der Waals surface area (Å²) in [7, 11) is 0. The van der Waals surface area contributed by atoms with E-state index >= 15 is 0 Å². The average Bonchev–Trinajstić information content (AvgIpc) is 3.34. The normalized spacial score (nSPS) is 20.9. The Labute approximate surface area is 262 Å². The summed E-state index contributed by atoms with van der Waals surface area (Å²) in [6.45, 7) is 13.2. The molecule has 0 atom stereocenters. The Morgan fingerprint density at radius 1 is 0.930 bits per heavy atom. The fraction of sp³-hybridized carbons (Fsp3) is 0.421. The van der Waals surface area contributed by atoms with E-state index in [0.717, 1.165) is 50.2 Å². The Balaban J connectivity index is 1.43. The Bertz CT molecular complexity index is 1550. The number of unbranched alkanes of at least 4 members (excludes halogenated alkanes) is 2. The molecular weight excluding hydrogens is 552 g/mol. The summed E-state index contributed by atoms with van der Waals surface area (Å²) in [6, 6.07) is 17.4. The van der Waals surface area contributed by atoms with Gasteiger partial charge in [-0.1, -0.05) is 80.4 Å². The monoisotopic (exact) mass is 597 g/mol. The minimum Gasteiger partial charge on any atom is -0.481 e. The van der Waals surface area contributed by atoms with Gasteiger partial charge in [0, 0.05) is 52.5 Å². The molecule has 2 heterocycles. The third kappa shape index (κ3) is 6.04. The fourth-order valence-electron chi connectivity index (χ4n) is 7.15. The molecule has 4 nitrogen and oxygen atoms in total. The van der Waals surface area contributed by atoms with Crippen LogP contribution in [0, 0.1) is 0 Å². The molecule has 1 aliphatic carbocycles. The first kappa shape index (κ1) is 31.1. The van der Waals surface area contributed by atoms with Crippen molar-refractivity contribution < 1.29 is 14.5 Å². The van der Waals surface area contributed by atoms with E-state index in [4.69, 9.17) is 16.7 Å². The van der Waals surface area contributed by atoms with Gasteiger partial charge in [-0.3, -0.25) is 4.79 Å². The summed E-state index contributed by atoms with van der Waals surface area (Å²) in [5.41, 5.74) is 10.0. The van der Waals surface area contributed by atoms with Crippen molar-refractivity contribution in [2.24, 2.45) is 0 Å². The summed E-state index contributed by atoms with van der Waals surface area (Å²) in [5.74, 6) is -0.718. The Hall–Kier alpha value is -3.37. The molecule has 2 aliphatic heterocycles. The van der Waals surface area contributed by atoms with Gasteiger partial charge in [0.15, 0.2) is 5.71 Å². The number of carboxylic acids is 1. The number of hydrogen-bond donors (Lipinski definition) is 1. The summed E-state index contributed by atoms with van der Waals surface area (Å²) in [6.07, 6.45) is 14.9. The van der Waals surface area contributed by atoms with E-state index in [0.29, 0.717) is 6.42 Å². The van der Waals surface area contributed by atoms with E-state index in [1.54, 1.807) is 0 Å². The number of aliphatic carboxylic acids is 1. The Kier molecular flexibility index (Phi) is 9.18. The molecule has 5 heteroatoms. The maximum Gasteiger partial charge on any atom is 0.303 e. The van der Waals surface area contributed by atoms with Gasteiger partial charge in [-0.25, -0.2) is 0 Å². The predicted molar refractivity (Wildman–Crippen MR) is 180 cm³/mol. The van der Waals surface area contributed by atoms with Gasteiger partial charge in [-0.15, -0.1) is 0 Å². The number of hydrogen-bond acceptors (Lipinski definition) is 2. The highest BCUT2D eigenvalue weighted by atomic mass is 35.5. The lowest BCUT2D eigenvalue weighted by molar-refractivity contribution is -0.433. The quantitative estimate of drug-likeness (QED) is 0.219. The van der Waals surface area contributed by atoms with Crippen LogP contribution in [-0.2, 0) is 15.6 Å². The minimum absolute atomic E-state index is 0.0615. The highest BCUT2D eigenvalue weighted by Crippen LogP contribution is 2.48. The van der Waals surface area contributed by atoms with Crippen molar-refractivity contribution in [2.75, 3.05) is 18.0 Å². The predicted octanol–water partition coefficient (Wildman–Crippen LogP) is 9.57. The molecule has 0 fully saturated rings. The van der Waals surface area contributed by atoms with E-state index in [-0.39, 0.29) is 17.3 Å². The van der Waals surface area contributed by atoms with Crippen molar-refractivity contribution in [3.8, 4) is 0 Å². The van der Waals surface area contributed by atoms with Crippen molar-refractivity contribution in [1.82, 2.24) is 0 Å². The Morgan fingerprint density at radius 2 is 1.65 bits per heavy atom. The molecule has 0 amide bonds. The van der Waals surface area contributed by atoms with Crippen LogP contribution in [0.3, 0.4) is 0 Å². The first-order valence-corrected chi connectivity index (χ1v) is 16.3. The molecule has 226 valence electrons. The molecule has 1 N–H and O–H groups in total. The molecule has 3 aliphatic rings. The fourth-order valence-corrected chi connectivity index (χ4v) is 7.47. The van der Waals surface area contributed by atoms with Crippen LogP contribution < -0.4 is 4.90 Å². The van der Waals surface area contributed by atoms with Crippen LogP contribution in [0.15, 0.2) is 94.7 Å². The molecule has 2 aromatic rings. The summed E-state index contributed by atoms with van der Waals surface area (Å²) in [5, 5.41) is 9.90. The number of benzene rings is 2. The van der Waals surface area contributed by atoms with Crippen LogP contribution in [0.1, 0.15) is 90.7 Å². The van der Waals surface area contributed by atoms with Crippen LogP contribution in [0.25, 0.3) is 0 Å². The average molecular weight is 598 g/mol. The second-order valence-electron chi connectivity index (χ2n) is 13.0. The standard InChI is InChI=1S/C38H45ClN2O2/c1-6-40-31-19-11-9-17-29(31)37(2,3)33(40)24-22-27-15-14-16-28(36(27)39)23-25-34-38(4,5)30-18-10-12-20-32(30)41(34)26-13-7-8-21-35(42)43/h9-12,17-20,22-25H,6-8,13-16,21,26H2,1-5H3/p+1. The maximum atomic E-state index is 11.0. The number of rotatable bonds is 10. The number of nitrogens with zero attached hydrogens (tertiary/aromatic N) is 2. The van der Waals surface area contributed by atoms with Crippen molar-refractivity contribution in [3.63, 3.8) is 0 Å². The van der Waals surface area contributed by atoms with E-state index in [9.17, 15) is 4.79 Å². The van der Waals surface area contributed by atoms with Crippen LogP contribution in [0.2, 0.25) is 0 Å². The van der Waals surface area contributed by atoms with Gasteiger partial charge in [0.2, 0.25) is 5.69 Å². The van der Waals surface area contributed by atoms with Crippen molar-refractivity contribution in [2.45, 2.75) is 90.4 Å². The summed E-state index contributed by atoms with van der Waals surface area (Å²) >= 11 is 7.14. The van der Waals surface area contributed by atoms with Gasteiger partial charge in [0.05, 0.1) is 5.41 Å². The number of carbonyl (C=O) groups is 1. The second-order valence-corrected chi connectivity index (χ2v) is 13.4. The third-order valence-electron chi connectivity index (χ3n) is 9.53. The van der Waals surface area contributed by atoms with Crippen molar-refractivity contribution >= 4 is 34.7 Å². The number of halogens is 1. The van der Waals surface area contributed by atoms with Gasteiger partial charge >= 0.3 is 5.97 Å². The smallest absolute Gasteiger partial charge is 0.303 e. The zero-order chi connectivity index (χ0) is 30.8. The summed E-state index contributed by atoms with van der Waals surface area (Å²) in [4.78, 5) is 13.4. The minimum atomic E-state index is -0.718. The zero-order valence-corrected chi connectivity index (χ0v) is 27.2. The highest BCUT2D eigenvalue weighted by molar-refractivity contribution is 6.32. The maximum absolute atomic E-state index is 11.0. The van der Waals surface area contributed by atoms with Crippen molar-refractivity contribution in [3.05, 3.63) is 106 Å². The second kappa shape index (κ2) is 12.7. The Morgan fingerprint density at radius 3 is 2.40 bits per heavy atom. The molecule has 0 radical (unpaired) electrons. The lowest BCUT2D eigenvalue weighted by atomic mass is 9.81. The van der Waals surface area contributed by atoms with Crippen LogP contribution in [-0.4, -0.2) is 34.5 Å². The van der Waals surface area contributed by atoms with Gasteiger partial charge in [0.25, 0.3) is 0 Å². The van der Waals surface area contributed by atoms with E-state index in [1.165, 1.54) is 45.1 Å². The SMILES string of the molecule is CC[N+]1=C(/C=C/C2=C(Cl)C(=C/C=C3/N(CCCCCC(=O)O)c4ccccc4C3(C)C)/CCC2)C(C)(C)c2ccccc21. The molecule has 2 aromatic carbocycles. The van der Waals surface area contributed by atoms with E-state index in [2.05, 4.69) is 117 Å². The first-order chi connectivity index (χ1) is 20.6. The van der Waals surface area contributed by atoms with Gasteiger partial charge < -0.3 is 10.0 Å². The van der Waals surface area contributed by atoms with E-state index in [1.807, 2.05) is 0 Å². The molecule has 0 saturated heterocycles. The van der Waals surface area contributed by atoms with E-state index < -0.39 is 5.97 Å². The molecule has 0 spiro atoms. The van der Waals surface area contributed by atoms with Gasteiger partial charge in [0.1, 0.15) is 6.54 Å². The number of carboxylic acid groups (broad SMARTS) is 1. The molecule has 5 rings (SSSR count). The number of fused-ring (bicyclic) bond motifs is 2. The largest absolute Gasteiger partial charge is 0.481 e. The number of para-hydroxylation sites is 2. The lowest BCUT2D eigenvalue weighted by Gasteiger charge is -2.27. The number of allylic oxidation sites excluding steroid dienone is 8. The van der Waals surface area contributed by atoms with Crippen LogP contribution >= 0.6 is 11.6 Å². The first-order valence-electron chi connectivity index (χ1n) is 15.9. The van der Waals surface area contributed by atoms with Crippen molar-refractivity contribution in [1.29, 1.82) is 0 Å². The van der Waals surface area contributed by atoms with Gasteiger partial charge in [-0.2, -0.15) is 4.58 Å². The molecule has 0 bridgehead atoms.